The first kappa shape index (κ1) is 32.5. The van der Waals surface area contributed by atoms with Crippen molar-refractivity contribution in [1.82, 2.24) is 30.1 Å². The minimum atomic E-state index is -3.31. The molecule has 5 fully saturated rings. The summed E-state index contributed by atoms with van der Waals surface area (Å²) < 4.78 is 68.7. The normalized spacial score (nSPS) is 25.3. The Kier molecular flexibility index (Phi) is 7.81. The molecule has 2 unspecified atom stereocenters. The smallest absolute Gasteiger partial charge is 0.409 e. The minimum absolute atomic E-state index is 0.000213. The summed E-state index contributed by atoms with van der Waals surface area (Å²) in [5, 5.41) is 2.75. The van der Waals surface area contributed by atoms with E-state index in [9.17, 15) is 17.6 Å². The van der Waals surface area contributed by atoms with E-state index < -0.39 is 38.3 Å². The van der Waals surface area contributed by atoms with Crippen molar-refractivity contribution in [2.24, 2.45) is 0 Å². The van der Waals surface area contributed by atoms with Gasteiger partial charge in [0.05, 0.1) is 16.5 Å². The number of benzene rings is 2. The van der Waals surface area contributed by atoms with Gasteiger partial charge in [-0.1, -0.05) is 30.2 Å². The lowest BCUT2D eigenvalue weighted by Crippen LogP contribution is -2.73. The van der Waals surface area contributed by atoms with E-state index in [2.05, 4.69) is 26.1 Å². The van der Waals surface area contributed by atoms with Gasteiger partial charge in [-0.25, -0.2) is 22.0 Å². The van der Waals surface area contributed by atoms with Gasteiger partial charge in [0, 0.05) is 50.4 Å². The number of aromatic nitrogens is 3. The highest BCUT2D eigenvalue weighted by Gasteiger charge is 2.52. The number of rotatable bonds is 7. The van der Waals surface area contributed by atoms with Crippen LogP contribution in [0.4, 0.5) is 19.4 Å². The average Bonchev–Trinajstić information content (AvgIpc) is 3.69. The average molecular weight is 704 g/mol. The van der Waals surface area contributed by atoms with Crippen molar-refractivity contribution >= 4 is 43.4 Å². The number of anilines is 1. The summed E-state index contributed by atoms with van der Waals surface area (Å²) in [6.45, 7) is 1.53. The third kappa shape index (κ3) is 5.11. The Balaban J connectivity index is 1.18. The molecule has 1 amide bonds. The molecule has 5 saturated heterocycles. The van der Waals surface area contributed by atoms with E-state index in [1.807, 2.05) is 0 Å². The number of carbonyl (C=O) groups excluding carboxylic acids is 1. The molecule has 0 saturated carbocycles. The van der Waals surface area contributed by atoms with Gasteiger partial charge in [-0.15, -0.1) is 6.42 Å². The molecular weight excluding hydrogens is 668 g/mol. The highest BCUT2D eigenvalue weighted by atomic mass is 32.2. The summed E-state index contributed by atoms with van der Waals surface area (Å²) in [4.78, 5) is 31.4. The molecular formula is C35H35F2N7O5S. The van der Waals surface area contributed by atoms with Gasteiger partial charge in [0.2, 0.25) is 0 Å². The quantitative estimate of drug-likeness (QED) is 0.283. The highest BCUT2D eigenvalue weighted by Crippen LogP contribution is 2.43. The molecule has 0 radical (unpaired) electrons. The van der Waals surface area contributed by atoms with Crippen molar-refractivity contribution in [3.63, 3.8) is 0 Å². The van der Waals surface area contributed by atoms with Crippen LogP contribution in [0.5, 0.6) is 6.01 Å². The Morgan fingerprint density at radius 1 is 1.16 bits per heavy atom. The van der Waals surface area contributed by atoms with Gasteiger partial charge in [0.15, 0.2) is 15.7 Å². The Bertz CT molecular complexity index is 2200. The maximum atomic E-state index is 16.8. The fourth-order valence-corrected chi connectivity index (χ4v) is 9.63. The van der Waals surface area contributed by atoms with Crippen LogP contribution in [0.3, 0.4) is 0 Å². The predicted molar refractivity (Wildman–Crippen MR) is 182 cm³/mol. The number of fused-ring (bicyclic) bond motifs is 5. The number of amides is 1. The number of ether oxygens (including phenoxy) is 2. The number of piperazine rings is 1. The number of hydrogen-bond acceptors (Lipinski definition) is 11. The summed E-state index contributed by atoms with van der Waals surface area (Å²) in [5.41, 5.74) is -0.169. The lowest BCUT2D eigenvalue weighted by molar-refractivity contribution is 0.0484. The first-order valence-corrected chi connectivity index (χ1v) is 18.1. The Morgan fingerprint density at radius 3 is 2.70 bits per heavy atom. The SMILES string of the molecule is C#Cc1c(F)ccc2cccc(-c3ncc4c(N5CC6NC(C5)S6(=O)=O)nc(OC[C@]56CCCN5[C@@H](COC(=O)N(C)C)CC6)nc4c3F)c12. The van der Waals surface area contributed by atoms with Crippen LogP contribution in [0, 0.1) is 24.0 Å². The molecule has 12 nitrogen and oxygen atoms in total. The Labute approximate surface area is 287 Å². The highest BCUT2D eigenvalue weighted by molar-refractivity contribution is 7.94. The van der Waals surface area contributed by atoms with Crippen molar-refractivity contribution in [3.05, 3.63) is 53.7 Å². The zero-order valence-corrected chi connectivity index (χ0v) is 28.3. The van der Waals surface area contributed by atoms with Gasteiger partial charge >= 0.3 is 12.1 Å². The number of nitrogens with zero attached hydrogens (tertiary/aromatic N) is 6. The number of halogens is 2. The van der Waals surface area contributed by atoms with Crippen LogP contribution in [-0.2, 0) is 14.6 Å². The minimum Gasteiger partial charge on any atom is -0.461 e. The number of terminal acetylenes is 1. The van der Waals surface area contributed by atoms with Crippen molar-refractivity contribution in [1.29, 1.82) is 0 Å². The number of nitrogens with one attached hydrogen (secondary N) is 1. The summed E-state index contributed by atoms with van der Waals surface area (Å²) in [6, 6.07) is 7.95. The molecule has 0 aliphatic carbocycles. The van der Waals surface area contributed by atoms with Crippen LogP contribution in [0.25, 0.3) is 32.9 Å². The fraction of sp³-hybridized carbons (Fsp3) is 0.429. The maximum absolute atomic E-state index is 16.8. The summed E-state index contributed by atoms with van der Waals surface area (Å²) in [6.07, 6.45) is 10.2. The van der Waals surface area contributed by atoms with Gasteiger partial charge in [0.25, 0.3) is 0 Å². The lowest BCUT2D eigenvalue weighted by Gasteiger charge is -2.47. The van der Waals surface area contributed by atoms with E-state index in [-0.39, 0.29) is 66.1 Å². The van der Waals surface area contributed by atoms with Crippen LogP contribution in [0.1, 0.15) is 31.2 Å². The van der Waals surface area contributed by atoms with E-state index in [0.29, 0.717) is 22.2 Å². The van der Waals surface area contributed by atoms with Gasteiger partial charge < -0.3 is 19.3 Å². The van der Waals surface area contributed by atoms with Crippen LogP contribution in [0.15, 0.2) is 36.5 Å². The summed E-state index contributed by atoms with van der Waals surface area (Å²) in [7, 11) is -0.0215. The molecule has 7 heterocycles. The third-order valence-electron chi connectivity index (χ3n) is 10.5. The van der Waals surface area contributed by atoms with Crippen LogP contribution in [0.2, 0.25) is 0 Å². The van der Waals surface area contributed by atoms with E-state index in [1.54, 1.807) is 43.3 Å². The molecule has 260 valence electrons. The van der Waals surface area contributed by atoms with Gasteiger partial charge in [-0.3, -0.25) is 15.2 Å². The van der Waals surface area contributed by atoms with E-state index >= 15 is 4.39 Å². The van der Waals surface area contributed by atoms with Gasteiger partial charge in [0.1, 0.15) is 46.8 Å². The number of sulfone groups is 1. The molecule has 5 aliphatic heterocycles. The molecule has 2 aromatic heterocycles. The molecule has 2 bridgehead atoms. The van der Waals surface area contributed by atoms with E-state index in [4.69, 9.17) is 20.9 Å². The second-order valence-electron chi connectivity index (χ2n) is 13.6. The number of carbonyl (C=O) groups is 1. The number of hydrogen-bond donors (Lipinski definition) is 1. The molecule has 4 atom stereocenters. The first-order valence-electron chi connectivity index (χ1n) is 16.5. The van der Waals surface area contributed by atoms with Crippen molar-refractivity contribution in [2.75, 3.05) is 51.8 Å². The van der Waals surface area contributed by atoms with E-state index in [0.717, 1.165) is 32.2 Å². The van der Waals surface area contributed by atoms with Gasteiger partial charge in [-0.05, 0) is 43.7 Å². The summed E-state index contributed by atoms with van der Waals surface area (Å²) in [5.74, 6) is 1.33. The number of pyridine rings is 1. The zero-order valence-electron chi connectivity index (χ0n) is 27.5. The van der Waals surface area contributed by atoms with Crippen molar-refractivity contribution in [2.45, 2.75) is 48.0 Å². The molecule has 50 heavy (non-hydrogen) atoms. The van der Waals surface area contributed by atoms with Crippen molar-refractivity contribution in [3.8, 4) is 29.6 Å². The van der Waals surface area contributed by atoms with Crippen LogP contribution in [-0.4, -0.2) is 109 Å². The maximum Gasteiger partial charge on any atom is 0.409 e. The zero-order chi connectivity index (χ0) is 34.9. The Morgan fingerprint density at radius 2 is 1.96 bits per heavy atom. The molecule has 9 rings (SSSR count). The Hall–Kier alpha value is -4.65. The third-order valence-corrected chi connectivity index (χ3v) is 12.7. The predicted octanol–water partition coefficient (Wildman–Crippen LogP) is 3.67. The summed E-state index contributed by atoms with van der Waals surface area (Å²) >= 11 is 0. The fourth-order valence-electron chi connectivity index (χ4n) is 7.98. The molecule has 1 N–H and O–H groups in total. The van der Waals surface area contributed by atoms with Crippen LogP contribution >= 0.6 is 0 Å². The standard InChI is InChI=1S/C35H35F2N7O5S/c1-4-22-25(36)10-9-20-7-5-8-23(28(20)22)30-29(37)31-24(15-38-30)32(43-16-26-39-27(17-43)50(26,46)47)41-33(40-31)49-19-35-12-6-14-44(35)21(11-13-35)18-48-34(45)42(2)3/h1,5,7-10,15,21,26-27,39H,6,11-14,16-19H2,2-3H3/t21-,26?,27?,35-/m1/s1. The second-order valence-corrected chi connectivity index (χ2v) is 15.9. The molecule has 5 aliphatic rings. The molecule has 4 aromatic rings. The molecule has 15 heteroatoms. The second kappa shape index (κ2) is 12.0. The van der Waals surface area contributed by atoms with E-state index in [1.165, 1.54) is 17.2 Å². The molecule has 0 spiro atoms. The van der Waals surface area contributed by atoms with Gasteiger partial charge in [-0.2, -0.15) is 9.97 Å². The largest absolute Gasteiger partial charge is 0.461 e. The van der Waals surface area contributed by atoms with Crippen molar-refractivity contribution < 1.29 is 31.5 Å². The lowest BCUT2D eigenvalue weighted by atomic mass is 9.95. The van der Waals surface area contributed by atoms with Crippen LogP contribution < -0.4 is 15.0 Å². The topological polar surface area (TPSA) is 130 Å². The first-order chi connectivity index (χ1) is 24.0. The monoisotopic (exact) mass is 703 g/mol. The molecule has 2 aromatic carbocycles.